The smallest absolute Gasteiger partial charge is 0.0662 e. The number of aliphatic hydroxyl groups is 1. The largest absolute Gasteiger partial charge is 0.393 e. The molecule has 2 bridgehead atoms. The molecule has 0 aromatic heterocycles. The fourth-order valence-electron chi connectivity index (χ4n) is 2.87. The van der Waals surface area contributed by atoms with Crippen LogP contribution in [-0.2, 0) is 0 Å². The molecular weight excluding hydrogens is 174 g/mol. The van der Waals surface area contributed by atoms with Gasteiger partial charge < -0.3 is 5.11 Å². The average Bonchev–Trinajstić information content (AvgIpc) is 2.58. The molecule has 2 aliphatic rings. The lowest BCUT2D eigenvalue weighted by molar-refractivity contribution is 0.0736. The monoisotopic (exact) mass is 185 g/mol. The fraction of sp³-hybridized carbons (Fsp3) is 0.889. The highest BCUT2D eigenvalue weighted by molar-refractivity contribution is 6.18. The van der Waals surface area contributed by atoms with Gasteiger partial charge in [0.1, 0.15) is 0 Å². The van der Waals surface area contributed by atoms with Crippen LogP contribution in [0.3, 0.4) is 0 Å². The van der Waals surface area contributed by atoms with E-state index in [1.54, 1.807) is 0 Å². The van der Waals surface area contributed by atoms with E-state index in [9.17, 15) is 5.11 Å². The molecule has 2 fully saturated rings. The van der Waals surface area contributed by atoms with E-state index in [0.717, 1.165) is 12.8 Å². The standard InChI is InChI=1S/C9H12ClNO/c10-3-7-6-1-5(2-9(6)12)8(7)4-11/h5-9,12H,1-3H2/t5-,6-,7+,8+,9+/m0/s1. The molecule has 0 unspecified atom stereocenters. The molecule has 0 heterocycles. The van der Waals surface area contributed by atoms with E-state index in [0.29, 0.717) is 17.7 Å². The highest BCUT2D eigenvalue weighted by atomic mass is 35.5. The molecule has 0 aromatic rings. The van der Waals surface area contributed by atoms with Crippen molar-refractivity contribution < 1.29 is 5.11 Å². The molecule has 1 N–H and O–H groups in total. The Morgan fingerprint density at radius 1 is 1.50 bits per heavy atom. The van der Waals surface area contributed by atoms with Crippen molar-refractivity contribution in [3.63, 3.8) is 0 Å². The maximum atomic E-state index is 9.57. The zero-order valence-electron chi connectivity index (χ0n) is 6.78. The molecule has 0 aromatic carbocycles. The van der Waals surface area contributed by atoms with E-state index in [2.05, 4.69) is 6.07 Å². The minimum Gasteiger partial charge on any atom is -0.393 e. The quantitative estimate of drug-likeness (QED) is 0.628. The lowest BCUT2D eigenvalue weighted by atomic mass is 9.80. The lowest BCUT2D eigenvalue weighted by Gasteiger charge is -2.27. The molecule has 66 valence electrons. The first-order valence-corrected chi connectivity index (χ1v) is 4.95. The molecule has 2 rings (SSSR count). The molecule has 12 heavy (non-hydrogen) atoms. The van der Waals surface area contributed by atoms with Gasteiger partial charge in [-0.3, -0.25) is 0 Å². The summed E-state index contributed by atoms with van der Waals surface area (Å²) in [6.07, 6.45) is 1.64. The summed E-state index contributed by atoms with van der Waals surface area (Å²) in [4.78, 5) is 0. The van der Waals surface area contributed by atoms with Gasteiger partial charge in [-0.2, -0.15) is 5.26 Å². The minimum absolute atomic E-state index is 0.107. The van der Waals surface area contributed by atoms with Crippen molar-refractivity contribution in [3.8, 4) is 6.07 Å². The van der Waals surface area contributed by atoms with Gasteiger partial charge in [0.25, 0.3) is 0 Å². The lowest BCUT2D eigenvalue weighted by Crippen LogP contribution is -2.31. The first-order chi connectivity index (χ1) is 5.77. The maximum absolute atomic E-state index is 9.57. The van der Waals surface area contributed by atoms with Crippen molar-refractivity contribution in [2.24, 2.45) is 23.7 Å². The molecule has 0 spiro atoms. The van der Waals surface area contributed by atoms with Gasteiger partial charge in [-0.25, -0.2) is 0 Å². The van der Waals surface area contributed by atoms with Crippen LogP contribution in [-0.4, -0.2) is 17.1 Å². The third-order valence-electron chi connectivity index (χ3n) is 3.46. The Labute approximate surface area is 77.1 Å². The van der Waals surface area contributed by atoms with Crippen LogP contribution in [0.25, 0.3) is 0 Å². The van der Waals surface area contributed by atoms with Crippen molar-refractivity contribution in [3.05, 3.63) is 0 Å². The first-order valence-electron chi connectivity index (χ1n) is 4.41. The van der Waals surface area contributed by atoms with Crippen LogP contribution < -0.4 is 0 Å². The third kappa shape index (κ3) is 0.967. The molecule has 0 radical (unpaired) electrons. The van der Waals surface area contributed by atoms with E-state index in [-0.39, 0.29) is 17.9 Å². The van der Waals surface area contributed by atoms with Gasteiger partial charge in [-0.1, -0.05) is 0 Å². The van der Waals surface area contributed by atoms with Crippen molar-refractivity contribution in [1.82, 2.24) is 0 Å². The van der Waals surface area contributed by atoms with Crippen molar-refractivity contribution in [2.75, 3.05) is 5.88 Å². The second-order valence-electron chi connectivity index (χ2n) is 3.94. The van der Waals surface area contributed by atoms with Crippen LogP contribution in [0.1, 0.15) is 12.8 Å². The summed E-state index contributed by atoms with van der Waals surface area (Å²) in [5, 5.41) is 18.5. The number of fused-ring (bicyclic) bond motifs is 2. The SMILES string of the molecule is N#C[C@@H]1[C@H]2C[C@@H]([C@H]1CCl)[C@H](O)C2. The summed E-state index contributed by atoms with van der Waals surface area (Å²) in [5.74, 6) is 1.59. The van der Waals surface area contributed by atoms with Crippen LogP contribution in [0.15, 0.2) is 0 Å². The molecule has 0 amide bonds. The van der Waals surface area contributed by atoms with E-state index in [1.165, 1.54) is 0 Å². The minimum atomic E-state index is -0.191. The molecule has 3 heteroatoms. The topological polar surface area (TPSA) is 44.0 Å². The predicted octanol–water partition coefficient (Wildman–Crippen LogP) is 1.38. The Morgan fingerprint density at radius 3 is 2.83 bits per heavy atom. The van der Waals surface area contributed by atoms with E-state index in [1.807, 2.05) is 0 Å². The summed E-state index contributed by atoms with van der Waals surface area (Å²) >= 11 is 5.78. The van der Waals surface area contributed by atoms with Gasteiger partial charge >= 0.3 is 0 Å². The van der Waals surface area contributed by atoms with Crippen molar-refractivity contribution in [2.45, 2.75) is 18.9 Å². The van der Waals surface area contributed by atoms with Crippen LogP contribution in [0.5, 0.6) is 0 Å². The Morgan fingerprint density at radius 2 is 2.25 bits per heavy atom. The fourth-order valence-corrected chi connectivity index (χ4v) is 3.29. The number of aliphatic hydroxyl groups excluding tert-OH is 1. The number of halogens is 1. The van der Waals surface area contributed by atoms with Gasteiger partial charge in [0.05, 0.1) is 18.1 Å². The van der Waals surface area contributed by atoms with E-state index >= 15 is 0 Å². The van der Waals surface area contributed by atoms with Crippen molar-refractivity contribution in [1.29, 1.82) is 5.26 Å². The second kappa shape index (κ2) is 2.90. The second-order valence-corrected chi connectivity index (χ2v) is 4.24. The van der Waals surface area contributed by atoms with Gasteiger partial charge in [0, 0.05) is 5.88 Å². The summed E-state index contributed by atoms with van der Waals surface area (Å²) in [6, 6.07) is 2.32. The Bertz CT molecular complexity index is 225. The first kappa shape index (κ1) is 8.34. The Balaban J connectivity index is 2.18. The van der Waals surface area contributed by atoms with E-state index < -0.39 is 0 Å². The molecule has 2 saturated carbocycles. The molecule has 2 nitrogen and oxygen atoms in total. The zero-order valence-corrected chi connectivity index (χ0v) is 7.54. The highest BCUT2D eigenvalue weighted by Crippen LogP contribution is 2.52. The number of alkyl halides is 1. The number of nitriles is 1. The molecule has 0 aliphatic heterocycles. The van der Waals surface area contributed by atoms with Crippen LogP contribution in [0, 0.1) is 35.0 Å². The van der Waals surface area contributed by atoms with Gasteiger partial charge in [0.15, 0.2) is 0 Å². The summed E-state index contributed by atoms with van der Waals surface area (Å²) < 4.78 is 0. The van der Waals surface area contributed by atoms with E-state index in [4.69, 9.17) is 16.9 Å². The van der Waals surface area contributed by atoms with Gasteiger partial charge in [0.2, 0.25) is 0 Å². The maximum Gasteiger partial charge on any atom is 0.0662 e. The summed E-state index contributed by atoms with van der Waals surface area (Å²) in [7, 11) is 0. The highest BCUT2D eigenvalue weighted by Gasteiger charge is 2.51. The normalized spacial score (nSPS) is 50.9. The number of hydrogen-bond acceptors (Lipinski definition) is 2. The predicted molar refractivity (Wildman–Crippen MR) is 45.5 cm³/mol. The number of nitrogens with zero attached hydrogens (tertiary/aromatic N) is 1. The molecule has 0 saturated heterocycles. The number of rotatable bonds is 1. The van der Waals surface area contributed by atoms with Gasteiger partial charge in [-0.15, -0.1) is 11.6 Å². The summed E-state index contributed by atoms with van der Waals surface area (Å²) in [6.45, 7) is 0. The molecule has 2 aliphatic carbocycles. The van der Waals surface area contributed by atoms with Crippen molar-refractivity contribution >= 4 is 11.6 Å². The van der Waals surface area contributed by atoms with Crippen LogP contribution in [0.2, 0.25) is 0 Å². The Kier molecular flexibility index (Phi) is 2.02. The summed E-state index contributed by atoms with van der Waals surface area (Å²) in [5.41, 5.74) is 0. The Hall–Kier alpha value is -0.260. The van der Waals surface area contributed by atoms with Gasteiger partial charge in [-0.05, 0) is 30.6 Å². The zero-order chi connectivity index (χ0) is 8.72. The average molecular weight is 186 g/mol. The van der Waals surface area contributed by atoms with Crippen LogP contribution in [0.4, 0.5) is 0 Å². The number of hydrogen-bond donors (Lipinski definition) is 1. The molecule has 5 atom stereocenters. The van der Waals surface area contributed by atoms with Crippen LogP contribution >= 0.6 is 11.6 Å². The molecular formula is C9H12ClNO. The third-order valence-corrected chi connectivity index (χ3v) is 3.82.